The Balaban J connectivity index is 3.01. The van der Waals surface area contributed by atoms with Crippen LogP contribution in [0.1, 0.15) is 35.0 Å². The lowest BCUT2D eigenvalue weighted by molar-refractivity contribution is 0.0606. The van der Waals surface area contributed by atoms with Gasteiger partial charge in [0.1, 0.15) is 4.88 Å². The first-order valence-corrected chi connectivity index (χ1v) is 6.62. The van der Waals surface area contributed by atoms with E-state index in [0.29, 0.717) is 4.88 Å². The van der Waals surface area contributed by atoms with Gasteiger partial charge in [0.15, 0.2) is 0 Å². The number of nitrogens with one attached hydrogen (secondary N) is 1. The first kappa shape index (κ1) is 13.9. The number of likely N-dealkylation sites (N-methyl/N-ethyl adjacent to an activating group) is 1. The van der Waals surface area contributed by atoms with Crippen LogP contribution in [-0.2, 0) is 4.74 Å². The van der Waals surface area contributed by atoms with Gasteiger partial charge in [-0.1, -0.05) is 19.4 Å². The van der Waals surface area contributed by atoms with E-state index in [9.17, 15) is 4.79 Å². The number of carbonyl (C=O) groups excluding carboxylic acids is 1. The molecule has 0 fully saturated rings. The van der Waals surface area contributed by atoms with E-state index in [0.717, 1.165) is 24.9 Å². The molecule has 3 nitrogen and oxygen atoms in total. The summed E-state index contributed by atoms with van der Waals surface area (Å²) in [5.74, 6) is -0.249. The van der Waals surface area contributed by atoms with Gasteiger partial charge >= 0.3 is 5.97 Å². The molecule has 0 radical (unpaired) electrons. The summed E-state index contributed by atoms with van der Waals surface area (Å²) < 4.78 is 4.80. The third-order valence-corrected chi connectivity index (χ3v) is 3.35. The van der Waals surface area contributed by atoms with Crippen molar-refractivity contribution in [3.63, 3.8) is 0 Å². The lowest BCUT2D eigenvalue weighted by Gasteiger charge is -2.07. The Morgan fingerprint density at radius 1 is 1.59 bits per heavy atom. The number of allylic oxidation sites excluding steroid dienone is 1. The van der Waals surface area contributed by atoms with Crippen LogP contribution in [0.25, 0.3) is 5.57 Å². The maximum Gasteiger partial charge on any atom is 0.348 e. The molecule has 0 aliphatic carbocycles. The first-order chi connectivity index (χ1) is 8.24. The number of thiophene rings is 1. The zero-order chi connectivity index (χ0) is 12.7. The molecule has 0 saturated heterocycles. The molecule has 17 heavy (non-hydrogen) atoms. The van der Waals surface area contributed by atoms with Gasteiger partial charge in [-0.25, -0.2) is 4.79 Å². The summed E-state index contributed by atoms with van der Waals surface area (Å²) in [4.78, 5) is 12.3. The number of carbonyl (C=O) groups is 1. The lowest BCUT2D eigenvalue weighted by atomic mass is 10.0. The van der Waals surface area contributed by atoms with Crippen LogP contribution in [0.2, 0.25) is 0 Å². The van der Waals surface area contributed by atoms with Crippen LogP contribution < -0.4 is 5.32 Å². The van der Waals surface area contributed by atoms with Crippen LogP contribution >= 0.6 is 11.3 Å². The zero-order valence-electron chi connectivity index (χ0n) is 10.6. The monoisotopic (exact) mass is 253 g/mol. The Labute approximate surface area is 106 Å². The van der Waals surface area contributed by atoms with Gasteiger partial charge in [0, 0.05) is 12.1 Å². The van der Waals surface area contributed by atoms with Crippen LogP contribution in [0.3, 0.4) is 0 Å². The van der Waals surface area contributed by atoms with Crippen LogP contribution in [0.5, 0.6) is 0 Å². The minimum absolute atomic E-state index is 0.249. The van der Waals surface area contributed by atoms with Gasteiger partial charge < -0.3 is 10.1 Å². The Bertz CT molecular complexity index is 396. The minimum Gasteiger partial charge on any atom is -0.465 e. The summed E-state index contributed by atoms with van der Waals surface area (Å²) in [6.45, 7) is 2.95. The highest BCUT2D eigenvalue weighted by molar-refractivity contribution is 7.12. The summed E-state index contributed by atoms with van der Waals surface area (Å²) >= 11 is 1.43. The average Bonchev–Trinajstić information content (AvgIpc) is 2.82. The molecular formula is C13H19NO2S. The Morgan fingerprint density at radius 2 is 2.35 bits per heavy atom. The largest absolute Gasteiger partial charge is 0.465 e. The molecule has 0 bridgehead atoms. The van der Waals surface area contributed by atoms with Gasteiger partial charge in [0.2, 0.25) is 0 Å². The first-order valence-electron chi connectivity index (χ1n) is 5.74. The van der Waals surface area contributed by atoms with Crippen molar-refractivity contribution in [2.45, 2.75) is 19.8 Å². The maximum atomic E-state index is 11.6. The molecule has 0 aliphatic rings. The number of esters is 1. The summed E-state index contributed by atoms with van der Waals surface area (Å²) in [7, 11) is 3.33. The standard InChI is InChI=1S/C13H19NO2S/c1-4-5-10(6-8-14-2)11-7-9-17-12(11)13(15)16-3/h6-7,9,14H,4-5,8H2,1-3H3/b10-6+. The molecule has 0 aromatic carbocycles. The van der Waals surface area contributed by atoms with Crippen LogP contribution in [0, 0.1) is 0 Å². The summed E-state index contributed by atoms with van der Waals surface area (Å²) in [6.07, 6.45) is 4.17. The van der Waals surface area contributed by atoms with E-state index in [1.54, 1.807) is 0 Å². The molecule has 1 N–H and O–H groups in total. The lowest BCUT2D eigenvalue weighted by Crippen LogP contribution is -2.06. The minimum atomic E-state index is -0.249. The molecular weight excluding hydrogens is 234 g/mol. The van der Waals surface area contributed by atoms with Crippen LogP contribution in [0.15, 0.2) is 17.5 Å². The van der Waals surface area contributed by atoms with Crippen LogP contribution in [0.4, 0.5) is 0 Å². The Hall–Kier alpha value is -1.13. The molecule has 0 spiro atoms. The van der Waals surface area contributed by atoms with Gasteiger partial charge in [-0.3, -0.25) is 0 Å². The fourth-order valence-electron chi connectivity index (χ4n) is 1.65. The molecule has 0 unspecified atom stereocenters. The molecule has 4 heteroatoms. The Kier molecular flexibility index (Phi) is 5.94. The fraction of sp³-hybridized carbons (Fsp3) is 0.462. The molecule has 1 heterocycles. The number of ether oxygens (including phenoxy) is 1. The average molecular weight is 253 g/mol. The molecule has 1 aromatic heterocycles. The smallest absolute Gasteiger partial charge is 0.348 e. The molecule has 0 amide bonds. The van der Waals surface area contributed by atoms with Gasteiger partial charge in [-0.05, 0) is 30.5 Å². The van der Waals surface area contributed by atoms with Crippen molar-refractivity contribution in [2.24, 2.45) is 0 Å². The second-order valence-electron chi connectivity index (χ2n) is 3.69. The van der Waals surface area contributed by atoms with Crippen molar-refractivity contribution in [1.82, 2.24) is 5.32 Å². The molecule has 1 rings (SSSR count). The van der Waals surface area contributed by atoms with Gasteiger partial charge in [0.05, 0.1) is 7.11 Å². The van der Waals surface area contributed by atoms with E-state index < -0.39 is 0 Å². The van der Waals surface area contributed by atoms with Gasteiger partial charge in [0.25, 0.3) is 0 Å². The van der Waals surface area contributed by atoms with Crippen molar-refractivity contribution in [3.05, 3.63) is 28.0 Å². The number of methoxy groups -OCH3 is 1. The molecule has 94 valence electrons. The number of hydrogen-bond acceptors (Lipinski definition) is 4. The Morgan fingerprint density at radius 3 is 2.94 bits per heavy atom. The highest BCUT2D eigenvalue weighted by Gasteiger charge is 2.15. The second-order valence-corrected chi connectivity index (χ2v) is 4.61. The SMILES string of the molecule is CCC/C(=C\CNC)c1ccsc1C(=O)OC. The van der Waals surface area contributed by atoms with E-state index in [1.165, 1.54) is 24.0 Å². The highest BCUT2D eigenvalue weighted by atomic mass is 32.1. The fourth-order valence-corrected chi connectivity index (χ4v) is 2.50. The highest BCUT2D eigenvalue weighted by Crippen LogP contribution is 2.28. The quantitative estimate of drug-likeness (QED) is 0.792. The third-order valence-electron chi connectivity index (χ3n) is 2.45. The van der Waals surface area contributed by atoms with Crippen LogP contribution in [-0.4, -0.2) is 26.7 Å². The predicted octanol–water partition coefficient (Wildman–Crippen LogP) is 2.94. The van der Waals surface area contributed by atoms with E-state index in [1.807, 2.05) is 18.5 Å². The molecule has 0 atom stereocenters. The predicted molar refractivity (Wildman–Crippen MR) is 72.5 cm³/mol. The molecule has 0 aliphatic heterocycles. The van der Waals surface area contributed by atoms with Crippen molar-refractivity contribution >= 4 is 22.9 Å². The van der Waals surface area contributed by atoms with Gasteiger partial charge in [-0.2, -0.15) is 0 Å². The summed E-state index contributed by atoms with van der Waals surface area (Å²) in [6, 6.07) is 1.99. The van der Waals surface area contributed by atoms with Crippen molar-refractivity contribution in [1.29, 1.82) is 0 Å². The second kappa shape index (κ2) is 7.25. The van der Waals surface area contributed by atoms with Crippen molar-refractivity contribution in [3.8, 4) is 0 Å². The molecule has 0 saturated carbocycles. The summed E-state index contributed by atoms with van der Waals surface area (Å²) in [5.41, 5.74) is 2.22. The number of hydrogen-bond donors (Lipinski definition) is 1. The van der Waals surface area contributed by atoms with E-state index in [4.69, 9.17) is 4.74 Å². The van der Waals surface area contributed by atoms with Gasteiger partial charge in [-0.15, -0.1) is 11.3 Å². The van der Waals surface area contributed by atoms with E-state index >= 15 is 0 Å². The van der Waals surface area contributed by atoms with E-state index in [-0.39, 0.29) is 5.97 Å². The third kappa shape index (κ3) is 3.68. The topological polar surface area (TPSA) is 38.3 Å². The summed E-state index contributed by atoms with van der Waals surface area (Å²) in [5, 5.41) is 5.03. The zero-order valence-corrected chi connectivity index (χ0v) is 11.4. The van der Waals surface area contributed by atoms with Crippen molar-refractivity contribution in [2.75, 3.05) is 20.7 Å². The van der Waals surface area contributed by atoms with Crippen molar-refractivity contribution < 1.29 is 9.53 Å². The van der Waals surface area contributed by atoms with E-state index in [2.05, 4.69) is 18.3 Å². The molecule has 1 aromatic rings. The number of rotatable bonds is 6. The normalized spacial score (nSPS) is 11.6. The maximum absolute atomic E-state index is 11.6.